The molecule has 2 heterocycles. The van der Waals surface area contributed by atoms with Crippen molar-refractivity contribution in [2.45, 2.75) is 13.8 Å². The summed E-state index contributed by atoms with van der Waals surface area (Å²) in [5.74, 6) is 0. The summed E-state index contributed by atoms with van der Waals surface area (Å²) in [5.41, 5.74) is 4.60. The predicted octanol–water partition coefficient (Wildman–Crippen LogP) is 5.95. The van der Waals surface area contributed by atoms with Crippen molar-refractivity contribution in [3.63, 3.8) is 0 Å². The molecule has 0 N–H and O–H groups in total. The number of para-hydroxylation sites is 1. The van der Waals surface area contributed by atoms with Gasteiger partial charge in [0.15, 0.2) is 0 Å². The van der Waals surface area contributed by atoms with Crippen LogP contribution in [0.4, 0.5) is 0 Å². The van der Waals surface area contributed by atoms with Gasteiger partial charge in [-0.2, -0.15) is 0 Å². The molecule has 0 fully saturated rings. The second-order valence-electron chi connectivity index (χ2n) is 6.59. The van der Waals surface area contributed by atoms with Crippen LogP contribution in [0.25, 0.3) is 38.1 Å². The molecule has 2 nitrogen and oxygen atoms in total. The Kier molecular flexibility index (Phi) is 2.95. The molecule has 2 aromatic heterocycles. The first-order valence-electron chi connectivity index (χ1n) is 8.59. The maximum atomic E-state index is 4.82. The van der Waals surface area contributed by atoms with E-state index in [1.165, 1.54) is 38.3 Å². The third kappa shape index (κ3) is 2.01. The Balaban J connectivity index is 1.93. The van der Waals surface area contributed by atoms with Crippen LogP contribution < -0.4 is 0 Å². The molecule has 5 rings (SSSR count). The number of nitrogens with zero attached hydrogens (tertiary/aromatic N) is 2. The van der Waals surface area contributed by atoms with E-state index in [2.05, 4.69) is 91.3 Å². The first kappa shape index (κ1) is 14.2. The van der Waals surface area contributed by atoms with E-state index in [1.807, 2.05) is 0 Å². The highest BCUT2D eigenvalue weighted by atomic mass is 15.0. The fraction of sp³-hybridized carbons (Fsp3) is 0.0870. The Morgan fingerprint density at radius 3 is 2.32 bits per heavy atom. The van der Waals surface area contributed by atoms with E-state index in [4.69, 9.17) is 4.98 Å². The molecule has 0 atom stereocenters. The van der Waals surface area contributed by atoms with Crippen LogP contribution in [0, 0.1) is 13.8 Å². The standard InChI is InChI=1S/C23H18N2/c1-15-23-16(2)25(14-20(23)19-11-5-6-12-21(19)24-15)22-13-7-9-17-8-3-4-10-18(17)22/h3-14H,1-2H3. The number of benzene rings is 3. The van der Waals surface area contributed by atoms with Gasteiger partial charge in [0.05, 0.1) is 11.2 Å². The van der Waals surface area contributed by atoms with Crippen LogP contribution in [0.1, 0.15) is 11.4 Å². The molecule has 0 saturated heterocycles. The number of aromatic nitrogens is 2. The monoisotopic (exact) mass is 322 g/mol. The molecule has 0 unspecified atom stereocenters. The molecule has 0 bridgehead atoms. The van der Waals surface area contributed by atoms with E-state index in [1.54, 1.807) is 0 Å². The molecule has 2 heteroatoms. The smallest absolute Gasteiger partial charge is 0.0712 e. The van der Waals surface area contributed by atoms with Crippen LogP contribution >= 0.6 is 0 Å². The number of aryl methyl sites for hydroxylation is 2. The molecule has 0 radical (unpaired) electrons. The summed E-state index contributed by atoms with van der Waals surface area (Å²) in [6.07, 6.45) is 2.27. The Morgan fingerprint density at radius 1 is 0.720 bits per heavy atom. The zero-order valence-electron chi connectivity index (χ0n) is 14.3. The molecular formula is C23H18N2. The van der Waals surface area contributed by atoms with E-state index in [0.717, 1.165) is 11.2 Å². The second kappa shape index (κ2) is 5.18. The summed E-state index contributed by atoms with van der Waals surface area (Å²) in [5, 5.41) is 6.27. The van der Waals surface area contributed by atoms with Gasteiger partial charge in [0.25, 0.3) is 0 Å². The lowest BCUT2D eigenvalue weighted by atomic mass is 10.1. The molecule has 120 valence electrons. The van der Waals surface area contributed by atoms with Gasteiger partial charge in [-0.3, -0.25) is 4.98 Å². The summed E-state index contributed by atoms with van der Waals surface area (Å²) < 4.78 is 2.31. The summed E-state index contributed by atoms with van der Waals surface area (Å²) >= 11 is 0. The Hall–Kier alpha value is -3.13. The molecule has 5 aromatic rings. The lowest BCUT2D eigenvalue weighted by Gasteiger charge is -2.10. The quantitative estimate of drug-likeness (QED) is 0.373. The van der Waals surface area contributed by atoms with Gasteiger partial charge in [0.2, 0.25) is 0 Å². The number of rotatable bonds is 1. The largest absolute Gasteiger partial charge is 0.319 e. The van der Waals surface area contributed by atoms with Gasteiger partial charge >= 0.3 is 0 Å². The highest BCUT2D eigenvalue weighted by Gasteiger charge is 2.14. The van der Waals surface area contributed by atoms with Crippen LogP contribution in [0.5, 0.6) is 0 Å². The van der Waals surface area contributed by atoms with E-state index in [9.17, 15) is 0 Å². The number of pyridine rings is 1. The van der Waals surface area contributed by atoms with Gasteiger partial charge in [-0.15, -0.1) is 0 Å². The minimum Gasteiger partial charge on any atom is -0.319 e. The third-order valence-electron chi connectivity index (χ3n) is 5.12. The molecule has 0 amide bonds. The minimum atomic E-state index is 1.06. The summed E-state index contributed by atoms with van der Waals surface area (Å²) in [7, 11) is 0. The third-order valence-corrected chi connectivity index (χ3v) is 5.12. The lowest BCUT2D eigenvalue weighted by Crippen LogP contribution is -1.96. The molecule has 25 heavy (non-hydrogen) atoms. The van der Waals surface area contributed by atoms with Gasteiger partial charge in [-0.1, -0.05) is 54.6 Å². The van der Waals surface area contributed by atoms with Crippen molar-refractivity contribution >= 4 is 32.4 Å². The molecule has 0 aliphatic rings. The van der Waals surface area contributed by atoms with Crippen molar-refractivity contribution in [2.24, 2.45) is 0 Å². The van der Waals surface area contributed by atoms with Crippen molar-refractivity contribution in [3.05, 3.63) is 84.3 Å². The zero-order valence-corrected chi connectivity index (χ0v) is 14.3. The van der Waals surface area contributed by atoms with Gasteiger partial charge in [-0.05, 0) is 31.4 Å². The zero-order chi connectivity index (χ0) is 17.0. The lowest BCUT2D eigenvalue weighted by molar-refractivity contribution is 1.03. The highest BCUT2D eigenvalue weighted by Crippen LogP contribution is 2.33. The van der Waals surface area contributed by atoms with E-state index < -0.39 is 0 Å². The average Bonchev–Trinajstić information content (AvgIpc) is 2.99. The van der Waals surface area contributed by atoms with E-state index in [0.29, 0.717) is 0 Å². The van der Waals surface area contributed by atoms with Crippen LogP contribution in [0.2, 0.25) is 0 Å². The maximum Gasteiger partial charge on any atom is 0.0712 e. The second-order valence-corrected chi connectivity index (χ2v) is 6.59. The van der Waals surface area contributed by atoms with Crippen LogP contribution in [0.3, 0.4) is 0 Å². The van der Waals surface area contributed by atoms with Crippen LogP contribution in [0.15, 0.2) is 72.9 Å². The van der Waals surface area contributed by atoms with E-state index >= 15 is 0 Å². The van der Waals surface area contributed by atoms with Crippen molar-refractivity contribution < 1.29 is 0 Å². The Bertz CT molecular complexity index is 1260. The summed E-state index contributed by atoms with van der Waals surface area (Å²) in [4.78, 5) is 4.82. The first-order valence-corrected chi connectivity index (χ1v) is 8.59. The first-order chi connectivity index (χ1) is 12.2. The van der Waals surface area contributed by atoms with Gasteiger partial charge < -0.3 is 4.57 Å². The Morgan fingerprint density at radius 2 is 1.44 bits per heavy atom. The van der Waals surface area contributed by atoms with Gasteiger partial charge in [0, 0.05) is 39.1 Å². The van der Waals surface area contributed by atoms with Crippen molar-refractivity contribution in [2.75, 3.05) is 0 Å². The number of hydrogen-bond acceptors (Lipinski definition) is 1. The summed E-state index contributed by atoms with van der Waals surface area (Å²) in [6.45, 7) is 4.29. The molecule has 0 spiro atoms. The van der Waals surface area contributed by atoms with E-state index in [-0.39, 0.29) is 0 Å². The molecule has 0 saturated carbocycles. The number of hydrogen-bond donors (Lipinski definition) is 0. The molecule has 0 aliphatic carbocycles. The minimum absolute atomic E-state index is 1.06. The van der Waals surface area contributed by atoms with Gasteiger partial charge in [0.1, 0.15) is 0 Å². The molecule has 0 aliphatic heterocycles. The van der Waals surface area contributed by atoms with Crippen LogP contribution in [-0.4, -0.2) is 9.55 Å². The van der Waals surface area contributed by atoms with Gasteiger partial charge in [-0.25, -0.2) is 0 Å². The fourth-order valence-corrected chi connectivity index (χ4v) is 3.97. The Labute approximate surface area is 146 Å². The van der Waals surface area contributed by atoms with Crippen LogP contribution in [-0.2, 0) is 0 Å². The highest BCUT2D eigenvalue weighted by molar-refractivity contribution is 6.08. The normalized spacial score (nSPS) is 11.6. The maximum absolute atomic E-state index is 4.82. The summed E-state index contributed by atoms with van der Waals surface area (Å²) in [6, 6.07) is 23.4. The SMILES string of the molecule is Cc1nc2ccccc2c2cn(-c3cccc4ccccc34)c(C)c12. The molecule has 3 aromatic carbocycles. The van der Waals surface area contributed by atoms with Crippen molar-refractivity contribution in [1.82, 2.24) is 9.55 Å². The average molecular weight is 322 g/mol. The fourth-order valence-electron chi connectivity index (χ4n) is 3.97. The molecular weight excluding hydrogens is 304 g/mol. The van der Waals surface area contributed by atoms with Crippen molar-refractivity contribution in [1.29, 1.82) is 0 Å². The van der Waals surface area contributed by atoms with Crippen molar-refractivity contribution in [3.8, 4) is 5.69 Å². The predicted molar refractivity (Wildman–Crippen MR) is 106 cm³/mol. The number of fused-ring (bicyclic) bond motifs is 4. The topological polar surface area (TPSA) is 17.8 Å².